The maximum atomic E-state index is 13.9. The van der Waals surface area contributed by atoms with Crippen molar-refractivity contribution >= 4 is 39.3 Å². The molecular weight excluding hydrogens is 596 g/mol. The zero-order valence-electron chi connectivity index (χ0n) is 22.4. The van der Waals surface area contributed by atoms with Crippen LogP contribution in [0.1, 0.15) is 31.0 Å². The van der Waals surface area contributed by atoms with Gasteiger partial charge in [-0.1, -0.05) is 48.8 Å². The van der Waals surface area contributed by atoms with E-state index in [1.54, 1.807) is 62.0 Å². The largest absolute Gasteiger partial charge is 0.493 e. The van der Waals surface area contributed by atoms with Gasteiger partial charge in [-0.15, -0.1) is 0 Å². The third-order valence-corrected chi connectivity index (χ3v) is 7.55. The minimum atomic E-state index is -0.721. The van der Waals surface area contributed by atoms with Crippen LogP contribution in [-0.4, -0.2) is 37.5 Å². The Morgan fingerprint density at radius 1 is 1.15 bits per heavy atom. The van der Waals surface area contributed by atoms with Gasteiger partial charge in [-0.05, 0) is 71.2 Å². The molecule has 3 aromatic rings. The number of halogens is 1. The Hall–Kier alpha value is -3.89. The summed E-state index contributed by atoms with van der Waals surface area (Å²) in [7, 11) is 1.55. The normalized spacial score (nSPS) is 14.7. The zero-order chi connectivity index (χ0) is 28.8. The highest BCUT2D eigenvalue weighted by Crippen LogP contribution is 2.37. The van der Waals surface area contributed by atoms with E-state index >= 15 is 0 Å². The number of rotatable bonds is 11. The average Bonchev–Trinajstić information content (AvgIpc) is 3.24. The zero-order valence-corrected chi connectivity index (χ0v) is 24.8. The van der Waals surface area contributed by atoms with E-state index in [1.165, 1.54) is 11.3 Å². The molecule has 1 atom stereocenters. The molecule has 4 rings (SSSR count). The monoisotopic (exact) mass is 624 g/mol. The first kappa shape index (κ1) is 29.1. The summed E-state index contributed by atoms with van der Waals surface area (Å²) < 4.78 is 24.9. The van der Waals surface area contributed by atoms with Crippen LogP contribution in [0.15, 0.2) is 87.2 Å². The van der Waals surface area contributed by atoms with Gasteiger partial charge in [-0.2, -0.15) is 0 Å². The highest BCUT2D eigenvalue weighted by Gasteiger charge is 2.33. The predicted octanol–water partition coefficient (Wildman–Crippen LogP) is 4.70. The number of methoxy groups -OCH3 is 1. The van der Waals surface area contributed by atoms with Crippen molar-refractivity contribution in [3.05, 3.63) is 108 Å². The molecule has 10 heteroatoms. The molecule has 2 heterocycles. The fraction of sp³-hybridized carbons (Fsp3) is 0.233. The van der Waals surface area contributed by atoms with Crippen LogP contribution in [0.3, 0.4) is 0 Å². The number of nitrogens with zero attached hydrogens (tertiary/aromatic N) is 2. The van der Waals surface area contributed by atoms with Crippen LogP contribution in [0.25, 0.3) is 6.08 Å². The molecule has 8 nitrogen and oxygen atoms in total. The maximum Gasteiger partial charge on any atom is 0.338 e. The lowest BCUT2D eigenvalue weighted by Crippen LogP contribution is -2.39. The van der Waals surface area contributed by atoms with E-state index in [2.05, 4.69) is 34.1 Å². The number of benzene rings is 2. The summed E-state index contributed by atoms with van der Waals surface area (Å²) in [6, 6.07) is 10.2. The van der Waals surface area contributed by atoms with Gasteiger partial charge in [0.25, 0.3) is 5.56 Å². The van der Waals surface area contributed by atoms with Crippen molar-refractivity contribution in [3.63, 3.8) is 0 Å². The number of hydrogen-bond donors (Lipinski definition) is 0. The number of ether oxygens (including phenoxy) is 4. The van der Waals surface area contributed by atoms with Gasteiger partial charge in [0.15, 0.2) is 16.3 Å². The number of esters is 1. The minimum absolute atomic E-state index is 0.199. The molecule has 1 aromatic heterocycles. The van der Waals surface area contributed by atoms with Gasteiger partial charge < -0.3 is 18.9 Å². The highest BCUT2D eigenvalue weighted by atomic mass is 79.9. The highest BCUT2D eigenvalue weighted by molar-refractivity contribution is 9.10. The molecule has 0 N–H and O–H groups in total. The van der Waals surface area contributed by atoms with Gasteiger partial charge in [-0.3, -0.25) is 9.36 Å². The Labute approximate surface area is 244 Å². The number of thiazole rings is 1. The van der Waals surface area contributed by atoms with Crippen LogP contribution in [-0.2, 0) is 9.53 Å². The first-order valence-corrected chi connectivity index (χ1v) is 14.1. The number of allylic oxidation sites excluding steroid dienone is 1. The third kappa shape index (κ3) is 5.97. The lowest BCUT2D eigenvalue weighted by molar-refractivity contribution is -0.139. The summed E-state index contributed by atoms with van der Waals surface area (Å²) in [6.07, 6.45) is 5.07. The van der Waals surface area contributed by atoms with Crippen molar-refractivity contribution in [2.75, 3.05) is 26.9 Å². The Kier molecular flexibility index (Phi) is 9.44. The number of carbonyl (C=O) groups is 1. The second kappa shape index (κ2) is 13.0. The van der Waals surface area contributed by atoms with E-state index in [4.69, 9.17) is 18.9 Å². The van der Waals surface area contributed by atoms with Crippen LogP contribution in [0.2, 0.25) is 0 Å². The van der Waals surface area contributed by atoms with Crippen LogP contribution < -0.4 is 29.1 Å². The number of aromatic nitrogens is 1. The van der Waals surface area contributed by atoms with Crippen molar-refractivity contribution in [1.29, 1.82) is 0 Å². The lowest BCUT2D eigenvalue weighted by atomic mass is 9.96. The van der Waals surface area contributed by atoms with Crippen LogP contribution in [0, 0.1) is 0 Å². The SMILES string of the molecule is C=CCOc1ccc([C@@H]2C(C(=O)OCC)=C(C)N=c3s/c(=C\c4cc(Br)c(OCC=C)c(OC)c4)c(=O)n32)cc1. The Balaban J connectivity index is 1.86. The van der Waals surface area contributed by atoms with Crippen molar-refractivity contribution in [3.8, 4) is 17.2 Å². The average molecular weight is 626 g/mol. The van der Waals surface area contributed by atoms with Gasteiger partial charge in [0, 0.05) is 0 Å². The second-order valence-electron chi connectivity index (χ2n) is 8.60. The molecule has 0 saturated carbocycles. The smallest absolute Gasteiger partial charge is 0.338 e. The molecule has 0 radical (unpaired) electrons. The standard InChI is InChI=1S/C30H29BrN2O6S/c1-6-13-38-21-11-9-20(10-12-21)26-25(29(35)37-8-3)18(4)32-30-33(26)28(34)24(40-30)17-19-15-22(31)27(39-14-7-2)23(16-19)36-5/h6-7,9-12,15-17,26H,1-2,8,13-14H2,3-5H3/b24-17-/t26-/m1/s1. The van der Waals surface area contributed by atoms with Crippen LogP contribution in [0.5, 0.6) is 17.2 Å². The molecule has 0 fully saturated rings. The summed E-state index contributed by atoms with van der Waals surface area (Å²) >= 11 is 4.78. The molecular formula is C30H29BrN2O6S. The molecule has 0 spiro atoms. The first-order valence-electron chi connectivity index (χ1n) is 12.5. The van der Waals surface area contributed by atoms with E-state index in [9.17, 15) is 9.59 Å². The summed E-state index contributed by atoms with van der Waals surface area (Å²) in [5.41, 5.74) is 1.98. The second-order valence-corrected chi connectivity index (χ2v) is 10.5. The van der Waals surface area contributed by atoms with Crippen molar-refractivity contribution in [2.45, 2.75) is 19.9 Å². The van der Waals surface area contributed by atoms with E-state index in [0.29, 0.717) is 55.5 Å². The van der Waals surface area contributed by atoms with Gasteiger partial charge in [-0.25, -0.2) is 9.79 Å². The molecule has 208 valence electrons. The molecule has 0 unspecified atom stereocenters. The van der Waals surface area contributed by atoms with E-state index in [0.717, 1.165) is 11.1 Å². The molecule has 40 heavy (non-hydrogen) atoms. The molecule has 0 aliphatic carbocycles. The van der Waals surface area contributed by atoms with E-state index in [1.807, 2.05) is 18.2 Å². The fourth-order valence-electron chi connectivity index (χ4n) is 4.27. The summed E-state index contributed by atoms with van der Waals surface area (Å²) in [5, 5.41) is 0. The summed E-state index contributed by atoms with van der Waals surface area (Å²) in [4.78, 5) is 32.1. The molecule has 1 aliphatic rings. The quantitative estimate of drug-likeness (QED) is 0.227. The molecule has 2 aromatic carbocycles. The van der Waals surface area contributed by atoms with Crippen molar-refractivity contribution in [1.82, 2.24) is 4.57 Å². The Morgan fingerprint density at radius 2 is 1.85 bits per heavy atom. The van der Waals surface area contributed by atoms with Gasteiger partial charge >= 0.3 is 5.97 Å². The molecule has 0 amide bonds. The summed E-state index contributed by atoms with van der Waals surface area (Å²) in [5.74, 6) is 1.18. The Bertz CT molecular complexity index is 1650. The van der Waals surface area contributed by atoms with Crippen molar-refractivity contribution < 1.29 is 23.7 Å². The predicted molar refractivity (Wildman–Crippen MR) is 159 cm³/mol. The van der Waals surface area contributed by atoms with Gasteiger partial charge in [0.1, 0.15) is 19.0 Å². The maximum absolute atomic E-state index is 13.9. The van der Waals surface area contributed by atoms with Crippen LogP contribution in [0.4, 0.5) is 0 Å². The summed E-state index contributed by atoms with van der Waals surface area (Å²) in [6.45, 7) is 11.7. The van der Waals surface area contributed by atoms with Crippen molar-refractivity contribution in [2.24, 2.45) is 4.99 Å². The van der Waals surface area contributed by atoms with Gasteiger partial charge in [0.05, 0.1) is 40.0 Å². The first-order chi connectivity index (χ1) is 19.3. The molecule has 0 bridgehead atoms. The number of carbonyl (C=O) groups excluding carboxylic acids is 1. The third-order valence-electron chi connectivity index (χ3n) is 5.98. The molecule has 0 saturated heterocycles. The minimum Gasteiger partial charge on any atom is -0.493 e. The molecule has 1 aliphatic heterocycles. The van der Waals surface area contributed by atoms with E-state index in [-0.39, 0.29) is 12.2 Å². The lowest BCUT2D eigenvalue weighted by Gasteiger charge is -2.24. The topological polar surface area (TPSA) is 88.4 Å². The van der Waals surface area contributed by atoms with Gasteiger partial charge in [0.2, 0.25) is 0 Å². The Morgan fingerprint density at radius 3 is 2.50 bits per heavy atom. The number of fused-ring (bicyclic) bond motifs is 1. The number of hydrogen-bond acceptors (Lipinski definition) is 8. The fourth-order valence-corrected chi connectivity index (χ4v) is 5.89. The van der Waals surface area contributed by atoms with Crippen LogP contribution >= 0.6 is 27.3 Å². The van der Waals surface area contributed by atoms with E-state index < -0.39 is 12.0 Å².